The maximum absolute atomic E-state index is 4.23. The summed E-state index contributed by atoms with van der Waals surface area (Å²) in [7, 11) is 0. The Morgan fingerprint density at radius 2 is 2.08 bits per heavy atom. The van der Waals surface area contributed by atoms with Crippen LogP contribution in [0.15, 0.2) is 42.7 Å². The molecule has 0 saturated carbocycles. The molecule has 0 atom stereocenters. The summed E-state index contributed by atoms with van der Waals surface area (Å²) in [6, 6.07) is 10.6. The fourth-order valence-electron chi connectivity index (χ4n) is 1.06. The second-order valence-electron chi connectivity index (χ2n) is 2.67. The van der Waals surface area contributed by atoms with Crippen LogP contribution in [0.2, 0.25) is 0 Å². The van der Waals surface area contributed by atoms with Gasteiger partial charge in [-0.15, -0.1) is 0 Å². The Balaban J connectivity index is 1.94. The minimum atomic E-state index is -0.156. The molecule has 0 aliphatic carbocycles. The zero-order valence-corrected chi connectivity index (χ0v) is 9.43. The molecule has 0 fully saturated rings. The zero-order chi connectivity index (χ0) is 8.93. The van der Waals surface area contributed by atoms with Gasteiger partial charge in [0.2, 0.25) is 0 Å². The number of imidazole rings is 1. The third kappa shape index (κ3) is 2.58. The second-order valence-corrected chi connectivity index (χ2v) is 5.42. The average molecular weight is 286 g/mol. The van der Waals surface area contributed by atoms with Gasteiger partial charge in [-0.05, 0) is 0 Å². The Morgan fingerprint density at radius 1 is 1.23 bits per heavy atom. The van der Waals surface area contributed by atoms with Crippen molar-refractivity contribution < 1.29 is 0 Å². The minimum absolute atomic E-state index is 0.156. The van der Waals surface area contributed by atoms with E-state index >= 15 is 0 Å². The van der Waals surface area contributed by atoms with E-state index < -0.39 is 0 Å². The fraction of sp³-hybridized carbons (Fsp3) is 0.100. The molecule has 0 radical (unpaired) electrons. The quantitative estimate of drug-likeness (QED) is 0.836. The number of aromatic amines is 1. The number of hydrogen-bond donors (Lipinski definition) is 1. The van der Waals surface area contributed by atoms with E-state index in [1.165, 1.54) is 13.9 Å². The van der Waals surface area contributed by atoms with Gasteiger partial charge >= 0.3 is 87.5 Å². The number of nitrogens with one attached hydrogen (secondary N) is 1. The zero-order valence-electron chi connectivity index (χ0n) is 7.10. The third-order valence-electron chi connectivity index (χ3n) is 1.69. The van der Waals surface area contributed by atoms with Crippen molar-refractivity contribution >= 4 is 24.8 Å². The van der Waals surface area contributed by atoms with Crippen molar-refractivity contribution in [2.45, 2.75) is 4.47 Å². The summed E-state index contributed by atoms with van der Waals surface area (Å²) in [5.41, 5.74) is 1.42. The van der Waals surface area contributed by atoms with Crippen LogP contribution >= 0.6 is 0 Å². The molecule has 0 aliphatic rings. The van der Waals surface area contributed by atoms with Gasteiger partial charge in [-0.3, -0.25) is 0 Å². The van der Waals surface area contributed by atoms with Gasteiger partial charge in [0.05, 0.1) is 0 Å². The van der Waals surface area contributed by atoms with Crippen molar-refractivity contribution in [1.29, 1.82) is 0 Å². The first-order valence-corrected chi connectivity index (χ1v) is 6.92. The molecule has 1 aromatic carbocycles. The van der Waals surface area contributed by atoms with Gasteiger partial charge in [0.25, 0.3) is 0 Å². The van der Waals surface area contributed by atoms with Crippen LogP contribution in [-0.4, -0.2) is 30.9 Å². The van der Waals surface area contributed by atoms with Crippen molar-refractivity contribution in [3.63, 3.8) is 0 Å². The van der Waals surface area contributed by atoms with E-state index in [2.05, 4.69) is 40.3 Å². The topological polar surface area (TPSA) is 28.7 Å². The second kappa shape index (κ2) is 4.45. The van der Waals surface area contributed by atoms with Gasteiger partial charge in [0.15, 0.2) is 0 Å². The number of benzene rings is 1. The van der Waals surface area contributed by atoms with E-state index in [4.69, 9.17) is 0 Å². The summed E-state index contributed by atoms with van der Waals surface area (Å²) in [4.78, 5) is 7.39. The molecule has 0 unspecified atom stereocenters. The predicted octanol–water partition coefficient (Wildman–Crippen LogP) is 0.939. The van der Waals surface area contributed by atoms with E-state index in [-0.39, 0.29) is 20.9 Å². The summed E-state index contributed by atoms with van der Waals surface area (Å²) in [6.07, 6.45) is 3.72. The van der Waals surface area contributed by atoms with Gasteiger partial charge in [0.1, 0.15) is 0 Å². The molecule has 2 nitrogen and oxygen atoms in total. The number of H-pyrrole nitrogens is 1. The molecule has 3 heteroatoms. The Labute approximate surface area is 87.5 Å². The molecule has 0 amide bonds. The molecule has 1 heterocycles. The molecule has 2 rings (SSSR count). The van der Waals surface area contributed by atoms with E-state index in [1.807, 2.05) is 12.4 Å². The summed E-state index contributed by atoms with van der Waals surface area (Å²) in [5.74, 6) is 0. The number of nitrogens with zero attached hydrogens (tertiary/aromatic N) is 1. The van der Waals surface area contributed by atoms with Crippen LogP contribution in [0.5, 0.6) is 0 Å². The molecular formula is C10H10N2Te. The number of hydrogen-bond acceptors (Lipinski definition) is 1. The summed E-state index contributed by atoms with van der Waals surface area (Å²) >= 11 is -0.156. The van der Waals surface area contributed by atoms with Gasteiger partial charge in [-0.1, -0.05) is 0 Å². The maximum atomic E-state index is 4.23. The summed E-state index contributed by atoms with van der Waals surface area (Å²) in [5, 5.41) is 0. The first-order chi connectivity index (χ1) is 6.45. The van der Waals surface area contributed by atoms with Gasteiger partial charge < -0.3 is 0 Å². The first-order valence-electron chi connectivity index (χ1n) is 4.11. The van der Waals surface area contributed by atoms with Crippen molar-refractivity contribution in [2.24, 2.45) is 0 Å². The molecule has 13 heavy (non-hydrogen) atoms. The SMILES string of the molecule is c1ccc(C[Te]c2ncc[nH]2)cc1. The van der Waals surface area contributed by atoms with Crippen LogP contribution in [0.1, 0.15) is 5.56 Å². The molecule has 0 bridgehead atoms. The molecule has 0 saturated heterocycles. The molecule has 0 spiro atoms. The van der Waals surface area contributed by atoms with Crippen LogP contribution in [0, 0.1) is 0 Å². The average Bonchev–Trinajstić information content (AvgIpc) is 2.69. The molecule has 1 N–H and O–H groups in total. The first kappa shape index (κ1) is 8.80. The van der Waals surface area contributed by atoms with Crippen LogP contribution in [0.4, 0.5) is 0 Å². The third-order valence-corrected chi connectivity index (χ3v) is 4.47. The molecule has 0 aliphatic heterocycles. The Bertz CT molecular complexity index is 342. The van der Waals surface area contributed by atoms with Crippen molar-refractivity contribution in [3.05, 3.63) is 48.3 Å². The molecular weight excluding hydrogens is 276 g/mol. The number of rotatable bonds is 3. The van der Waals surface area contributed by atoms with Crippen LogP contribution in [0.3, 0.4) is 0 Å². The van der Waals surface area contributed by atoms with Gasteiger partial charge in [-0.25, -0.2) is 0 Å². The van der Waals surface area contributed by atoms with Crippen LogP contribution in [-0.2, 0) is 4.47 Å². The van der Waals surface area contributed by atoms with E-state index in [1.54, 1.807) is 0 Å². The van der Waals surface area contributed by atoms with Crippen LogP contribution < -0.4 is 3.87 Å². The van der Waals surface area contributed by atoms with Crippen molar-refractivity contribution in [3.8, 4) is 0 Å². The molecule has 66 valence electrons. The summed E-state index contributed by atoms with van der Waals surface area (Å²) < 4.78 is 2.37. The van der Waals surface area contributed by atoms with E-state index in [0.29, 0.717) is 0 Å². The standard InChI is InChI=1S/C10H10N2Te/c1-2-4-9(5-3-1)8-13-10-11-6-7-12-10/h1-7H,8H2,(H,11,12). The van der Waals surface area contributed by atoms with Gasteiger partial charge in [0, 0.05) is 0 Å². The van der Waals surface area contributed by atoms with E-state index in [9.17, 15) is 0 Å². The Morgan fingerprint density at radius 3 is 2.77 bits per heavy atom. The monoisotopic (exact) mass is 288 g/mol. The number of aromatic nitrogens is 2. The fourth-order valence-corrected chi connectivity index (χ4v) is 3.29. The molecule has 1 aromatic heterocycles. The summed E-state index contributed by atoms with van der Waals surface area (Å²) in [6.45, 7) is 0. The van der Waals surface area contributed by atoms with E-state index in [0.717, 1.165) is 0 Å². The Hall–Kier alpha value is -0.780. The normalized spacial score (nSPS) is 10.2. The molecule has 2 aromatic rings. The van der Waals surface area contributed by atoms with Crippen molar-refractivity contribution in [2.75, 3.05) is 0 Å². The van der Waals surface area contributed by atoms with Crippen molar-refractivity contribution in [1.82, 2.24) is 9.97 Å². The predicted molar refractivity (Wildman–Crippen MR) is 54.1 cm³/mol. The Kier molecular flexibility index (Phi) is 3.02. The van der Waals surface area contributed by atoms with Crippen LogP contribution in [0.25, 0.3) is 0 Å². The van der Waals surface area contributed by atoms with Gasteiger partial charge in [-0.2, -0.15) is 0 Å².